The van der Waals surface area contributed by atoms with Crippen molar-refractivity contribution in [3.8, 4) is 5.75 Å². The number of amides is 1. The normalized spacial score (nSPS) is 9.95. The minimum Gasteiger partial charge on any atom is -0.484 e. The first-order valence-corrected chi connectivity index (χ1v) is 6.91. The highest BCUT2D eigenvalue weighted by atomic mass is 35.5. The highest BCUT2D eigenvalue weighted by Gasteiger charge is 2.05. The molecule has 2 rings (SSSR count). The number of hydrogen-bond donors (Lipinski definition) is 2. The van der Waals surface area contributed by atoms with Gasteiger partial charge < -0.3 is 15.8 Å². The minimum absolute atomic E-state index is 0.113. The maximum Gasteiger partial charge on any atom is 0.262 e. The molecule has 21 heavy (non-hydrogen) atoms. The van der Waals surface area contributed by atoms with Crippen molar-refractivity contribution in [2.24, 2.45) is 5.73 Å². The number of thiocarbonyl (C=S) groups is 1. The standard InChI is InChI=1S/C15H13ClN2O2S/c16-11-4-2-6-13(8-11)20-9-14(19)18-12-5-1-3-10(7-12)15(17)21/h1-8H,9H2,(H2,17,21)(H,18,19). The molecule has 108 valence electrons. The van der Waals surface area contributed by atoms with Gasteiger partial charge in [0.05, 0.1) is 0 Å². The average Bonchev–Trinajstić information content (AvgIpc) is 2.45. The van der Waals surface area contributed by atoms with E-state index in [0.717, 1.165) is 0 Å². The highest BCUT2D eigenvalue weighted by molar-refractivity contribution is 7.80. The Bertz CT molecular complexity index is 676. The van der Waals surface area contributed by atoms with Crippen LogP contribution in [0.15, 0.2) is 48.5 Å². The number of rotatable bonds is 5. The van der Waals surface area contributed by atoms with E-state index >= 15 is 0 Å². The lowest BCUT2D eigenvalue weighted by molar-refractivity contribution is -0.118. The Morgan fingerprint density at radius 1 is 1.24 bits per heavy atom. The van der Waals surface area contributed by atoms with Gasteiger partial charge in [-0.25, -0.2) is 0 Å². The van der Waals surface area contributed by atoms with Crippen LogP contribution in [0.5, 0.6) is 5.75 Å². The van der Waals surface area contributed by atoms with E-state index in [2.05, 4.69) is 5.32 Å². The number of benzene rings is 2. The second-order valence-electron chi connectivity index (χ2n) is 4.24. The molecule has 1 amide bonds. The SMILES string of the molecule is NC(=S)c1cccc(NC(=O)COc2cccc(Cl)c2)c1. The van der Waals surface area contributed by atoms with Crippen LogP contribution in [0.2, 0.25) is 5.02 Å². The Hall–Kier alpha value is -2.11. The first-order chi connectivity index (χ1) is 10.0. The van der Waals surface area contributed by atoms with Gasteiger partial charge >= 0.3 is 0 Å². The molecule has 0 saturated heterocycles. The molecule has 2 aromatic carbocycles. The summed E-state index contributed by atoms with van der Waals surface area (Å²) in [5, 5.41) is 3.26. The Morgan fingerprint density at radius 2 is 2.00 bits per heavy atom. The van der Waals surface area contributed by atoms with Gasteiger partial charge in [0.2, 0.25) is 0 Å². The summed E-state index contributed by atoms with van der Waals surface area (Å²) in [5.74, 6) is 0.254. The van der Waals surface area contributed by atoms with Gasteiger partial charge in [0, 0.05) is 16.3 Å². The van der Waals surface area contributed by atoms with Crippen molar-refractivity contribution in [3.63, 3.8) is 0 Å². The Balaban J connectivity index is 1.93. The van der Waals surface area contributed by atoms with Gasteiger partial charge in [0.1, 0.15) is 10.7 Å². The molecule has 0 aromatic heterocycles. The summed E-state index contributed by atoms with van der Waals surface area (Å²) >= 11 is 10.7. The maximum absolute atomic E-state index is 11.8. The minimum atomic E-state index is -0.282. The number of halogens is 1. The van der Waals surface area contributed by atoms with E-state index in [1.54, 1.807) is 48.5 Å². The van der Waals surface area contributed by atoms with Crippen molar-refractivity contribution < 1.29 is 9.53 Å². The van der Waals surface area contributed by atoms with Crippen molar-refractivity contribution >= 4 is 40.4 Å². The molecule has 0 atom stereocenters. The van der Waals surface area contributed by atoms with Gasteiger partial charge in [-0.1, -0.05) is 42.0 Å². The molecule has 0 unspecified atom stereocenters. The molecule has 0 bridgehead atoms. The topological polar surface area (TPSA) is 64.3 Å². The van der Waals surface area contributed by atoms with Crippen LogP contribution in [-0.4, -0.2) is 17.5 Å². The van der Waals surface area contributed by atoms with E-state index in [9.17, 15) is 4.79 Å². The van der Waals surface area contributed by atoms with Crippen LogP contribution < -0.4 is 15.8 Å². The van der Waals surface area contributed by atoms with Crippen molar-refractivity contribution in [3.05, 3.63) is 59.1 Å². The van der Waals surface area contributed by atoms with E-state index in [1.807, 2.05) is 0 Å². The van der Waals surface area contributed by atoms with E-state index < -0.39 is 0 Å². The molecular formula is C15H13ClN2O2S. The van der Waals surface area contributed by atoms with Gasteiger partial charge in [0.25, 0.3) is 5.91 Å². The first-order valence-electron chi connectivity index (χ1n) is 6.12. The number of anilines is 1. The monoisotopic (exact) mass is 320 g/mol. The molecule has 4 nitrogen and oxygen atoms in total. The molecule has 6 heteroatoms. The van der Waals surface area contributed by atoms with Gasteiger partial charge in [-0.2, -0.15) is 0 Å². The quantitative estimate of drug-likeness (QED) is 0.831. The zero-order chi connectivity index (χ0) is 15.2. The van der Waals surface area contributed by atoms with E-state index in [4.69, 9.17) is 34.3 Å². The predicted octanol–water partition coefficient (Wildman–Crippen LogP) is 2.99. The number of hydrogen-bond acceptors (Lipinski definition) is 3. The van der Waals surface area contributed by atoms with Crippen LogP contribution in [0, 0.1) is 0 Å². The number of nitrogens with one attached hydrogen (secondary N) is 1. The van der Waals surface area contributed by atoms with Crippen molar-refractivity contribution in [1.82, 2.24) is 0 Å². The molecule has 0 heterocycles. The van der Waals surface area contributed by atoms with E-state index in [-0.39, 0.29) is 17.5 Å². The fraction of sp³-hybridized carbons (Fsp3) is 0.0667. The van der Waals surface area contributed by atoms with Crippen molar-refractivity contribution in [1.29, 1.82) is 0 Å². The summed E-state index contributed by atoms with van der Waals surface area (Å²) in [4.78, 5) is 12.1. The molecule has 0 aliphatic carbocycles. The third kappa shape index (κ3) is 4.73. The Morgan fingerprint density at radius 3 is 2.71 bits per heavy atom. The van der Waals surface area contributed by atoms with Crippen LogP contribution in [-0.2, 0) is 4.79 Å². The second kappa shape index (κ2) is 7.06. The van der Waals surface area contributed by atoms with Crippen LogP contribution in [0.4, 0.5) is 5.69 Å². The van der Waals surface area contributed by atoms with E-state index in [1.165, 1.54) is 0 Å². The molecule has 3 N–H and O–H groups in total. The zero-order valence-electron chi connectivity index (χ0n) is 11.0. The molecule has 0 saturated carbocycles. The fourth-order valence-electron chi connectivity index (χ4n) is 1.65. The second-order valence-corrected chi connectivity index (χ2v) is 5.12. The number of nitrogens with two attached hydrogens (primary N) is 1. The van der Waals surface area contributed by atoms with Gasteiger partial charge in [-0.05, 0) is 30.3 Å². The lowest BCUT2D eigenvalue weighted by Gasteiger charge is -2.08. The lowest BCUT2D eigenvalue weighted by atomic mass is 10.2. The number of ether oxygens (including phenoxy) is 1. The molecular weight excluding hydrogens is 308 g/mol. The number of carbonyl (C=O) groups excluding carboxylic acids is 1. The zero-order valence-corrected chi connectivity index (χ0v) is 12.6. The van der Waals surface area contributed by atoms with E-state index in [0.29, 0.717) is 22.0 Å². The van der Waals surface area contributed by atoms with Crippen LogP contribution in [0.1, 0.15) is 5.56 Å². The molecule has 2 aromatic rings. The summed E-state index contributed by atoms with van der Waals surface area (Å²) in [6.45, 7) is -0.113. The lowest BCUT2D eigenvalue weighted by Crippen LogP contribution is -2.20. The van der Waals surface area contributed by atoms with Crippen molar-refractivity contribution in [2.45, 2.75) is 0 Å². The first kappa shape index (κ1) is 15.3. The third-order valence-corrected chi connectivity index (χ3v) is 3.07. The molecule has 0 aliphatic rings. The van der Waals surface area contributed by atoms with Crippen LogP contribution in [0.3, 0.4) is 0 Å². The predicted molar refractivity (Wildman–Crippen MR) is 87.9 cm³/mol. The maximum atomic E-state index is 11.8. The number of carbonyl (C=O) groups is 1. The summed E-state index contributed by atoms with van der Waals surface area (Å²) in [7, 11) is 0. The third-order valence-electron chi connectivity index (χ3n) is 2.60. The molecule has 0 radical (unpaired) electrons. The van der Waals surface area contributed by atoms with Gasteiger partial charge in [-0.15, -0.1) is 0 Å². The highest BCUT2D eigenvalue weighted by Crippen LogP contribution is 2.17. The average molecular weight is 321 g/mol. The van der Waals surface area contributed by atoms with Crippen molar-refractivity contribution in [2.75, 3.05) is 11.9 Å². The molecule has 0 spiro atoms. The Kier molecular flexibility index (Phi) is 5.14. The summed E-state index contributed by atoms with van der Waals surface area (Å²) < 4.78 is 5.35. The summed E-state index contributed by atoms with van der Waals surface area (Å²) in [5.41, 5.74) is 6.85. The smallest absolute Gasteiger partial charge is 0.262 e. The fourth-order valence-corrected chi connectivity index (χ4v) is 1.96. The van der Waals surface area contributed by atoms with Crippen LogP contribution >= 0.6 is 23.8 Å². The summed E-state index contributed by atoms with van der Waals surface area (Å²) in [6, 6.07) is 13.9. The van der Waals surface area contributed by atoms with Gasteiger partial charge in [0.15, 0.2) is 6.61 Å². The Labute approximate surface area is 132 Å². The molecule has 0 fully saturated rings. The summed E-state index contributed by atoms with van der Waals surface area (Å²) in [6.07, 6.45) is 0. The molecule has 0 aliphatic heterocycles. The van der Waals surface area contributed by atoms with Crippen LogP contribution in [0.25, 0.3) is 0 Å². The largest absolute Gasteiger partial charge is 0.484 e. The van der Waals surface area contributed by atoms with Gasteiger partial charge in [-0.3, -0.25) is 4.79 Å².